The first-order chi connectivity index (χ1) is 8.21. The summed E-state index contributed by atoms with van der Waals surface area (Å²) < 4.78 is 13.7. The van der Waals surface area contributed by atoms with E-state index in [2.05, 4.69) is 33.0 Å². The average molecular weight is 252 g/mol. The van der Waals surface area contributed by atoms with Gasteiger partial charge in [-0.05, 0) is 24.5 Å². The average Bonchev–Trinajstić information content (AvgIpc) is 2.25. The molecule has 1 rings (SSSR count). The maximum absolute atomic E-state index is 13.7. The van der Waals surface area contributed by atoms with E-state index in [4.69, 9.17) is 5.73 Å². The first kappa shape index (κ1) is 14.6. The SMILES string of the molecule is CC(NCc1ccc(C(N)=O)cc1F)C(C)(C)C. The van der Waals surface area contributed by atoms with E-state index in [0.29, 0.717) is 12.1 Å². The standard InChI is InChI=1S/C14H21FN2O/c1-9(14(2,3)4)17-8-11-6-5-10(13(16)18)7-12(11)15/h5-7,9,17H,8H2,1-4H3,(H2,16,18). The maximum atomic E-state index is 13.7. The fourth-order valence-corrected chi connectivity index (χ4v) is 1.41. The monoisotopic (exact) mass is 252 g/mol. The molecule has 0 aromatic heterocycles. The molecule has 3 nitrogen and oxygen atoms in total. The van der Waals surface area contributed by atoms with E-state index >= 15 is 0 Å². The molecule has 0 spiro atoms. The second kappa shape index (κ2) is 5.48. The Bertz CT molecular complexity index is 438. The fourth-order valence-electron chi connectivity index (χ4n) is 1.41. The van der Waals surface area contributed by atoms with Crippen molar-refractivity contribution in [2.24, 2.45) is 11.1 Å². The van der Waals surface area contributed by atoms with Crippen LogP contribution in [-0.2, 0) is 6.54 Å². The van der Waals surface area contributed by atoms with Crippen LogP contribution >= 0.6 is 0 Å². The summed E-state index contributed by atoms with van der Waals surface area (Å²) in [5, 5.41) is 3.27. The lowest BCUT2D eigenvalue weighted by molar-refractivity contribution is 0.1000. The van der Waals surface area contributed by atoms with Gasteiger partial charge in [-0.1, -0.05) is 26.8 Å². The van der Waals surface area contributed by atoms with Gasteiger partial charge in [0.2, 0.25) is 5.91 Å². The molecule has 1 atom stereocenters. The Balaban J connectivity index is 2.72. The molecule has 1 unspecified atom stereocenters. The van der Waals surface area contributed by atoms with Gasteiger partial charge in [0.15, 0.2) is 0 Å². The zero-order valence-electron chi connectivity index (χ0n) is 11.4. The number of hydrogen-bond donors (Lipinski definition) is 2. The van der Waals surface area contributed by atoms with Gasteiger partial charge in [0.1, 0.15) is 5.82 Å². The molecule has 0 radical (unpaired) electrons. The van der Waals surface area contributed by atoms with Crippen molar-refractivity contribution in [2.45, 2.75) is 40.3 Å². The quantitative estimate of drug-likeness (QED) is 0.864. The van der Waals surface area contributed by atoms with Crippen LogP contribution in [-0.4, -0.2) is 11.9 Å². The predicted molar refractivity (Wildman–Crippen MR) is 70.7 cm³/mol. The molecule has 100 valence electrons. The molecule has 0 aliphatic rings. The van der Waals surface area contributed by atoms with Gasteiger partial charge in [0.25, 0.3) is 0 Å². The van der Waals surface area contributed by atoms with Crippen LogP contribution in [0.1, 0.15) is 43.6 Å². The van der Waals surface area contributed by atoms with Crippen molar-refractivity contribution in [3.63, 3.8) is 0 Å². The lowest BCUT2D eigenvalue weighted by atomic mass is 9.88. The number of nitrogens with one attached hydrogen (secondary N) is 1. The van der Waals surface area contributed by atoms with Gasteiger partial charge < -0.3 is 11.1 Å². The Hall–Kier alpha value is -1.42. The molecule has 3 N–H and O–H groups in total. The summed E-state index contributed by atoms with van der Waals surface area (Å²) in [6.07, 6.45) is 0. The molecular weight excluding hydrogens is 231 g/mol. The van der Waals surface area contributed by atoms with Crippen LogP contribution < -0.4 is 11.1 Å². The number of nitrogens with two attached hydrogens (primary N) is 1. The molecule has 18 heavy (non-hydrogen) atoms. The predicted octanol–water partition coefficient (Wildman–Crippen LogP) is 2.45. The number of rotatable bonds is 4. The van der Waals surface area contributed by atoms with Crippen LogP contribution in [0.2, 0.25) is 0 Å². The molecular formula is C14H21FN2O. The summed E-state index contributed by atoms with van der Waals surface area (Å²) in [4.78, 5) is 10.9. The van der Waals surface area contributed by atoms with E-state index in [1.54, 1.807) is 12.1 Å². The minimum Gasteiger partial charge on any atom is -0.366 e. The molecule has 4 heteroatoms. The van der Waals surface area contributed by atoms with Gasteiger partial charge in [-0.2, -0.15) is 0 Å². The van der Waals surface area contributed by atoms with Gasteiger partial charge in [0, 0.05) is 23.7 Å². The second-order valence-electron chi connectivity index (χ2n) is 5.64. The van der Waals surface area contributed by atoms with Crippen molar-refractivity contribution in [1.29, 1.82) is 0 Å². The summed E-state index contributed by atoms with van der Waals surface area (Å²) in [6.45, 7) is 8.87. The van der Waals surface area contributed by atoms with Crippen LogP contribution in [0, 0.1) is 11.2 Å². The topological polar surface area (TPSA) is 55.1 Å². The van der Waals surface area contributed by atoms with Gasteiger partial charge in [-0.15, -0.1) is 0 Å². The Morgan fingerprint density at radius 1 is 1.44 bits per heavy atom. The molecule has 1 aromatic rings. The van der Waals surface area contributed by atoms with E-state index in [0.717, 1.165) is 0 Å². The normalized spacial score (nSPS) is 13.4. The largest absolute Gasteiger partial charge is 0.366 e. The Morgan fingerprint density at radius 2 is 2.06 bits per heavy atom. The maximum Gasteiger partial charge on any atom is 0.248 e. The van der Waals surface area contributed by atoms with Crippen LogP contribution in [0.4, 0.5) is 4.39 Å². The highest BCUT2D eigenvalue weighted by atomic mass is 19.1. The lowest BCUT2D eigenvalue weighted by Crippen LogP contribution is -2.37. The van der Waals surface area contributed by atoms with Crippen molar-refractivity contribution >= 4 is 5.91 Å². The number of primary amides is 1. The van der Waals surface area contributed by atoms with Crippen molar-refractivity contribution < 1.29 is 9.18 Å². The van der Waals surface area contributed by atoms with E-state index < -0.39 is 11.7 Å². The summed E-state index contributed by atoms with van der Waals surface area (Å²) in [6, 6.07) is 4.58. The summed E-state index contributed by atoms with van der Waals surface area (Å²) in [5.41, 5.74) is 5.94. The highest BCUT2D eigenvalue weighted by molar-refractivity contribution is 5.92. The van der Waals surface area contributed by atoms with E-state index in [1.807, 2.05) is 0 Å². The van der Waals surface area contributed by atoms with Gasteiger partial charge in [-0.25, -0.2) is 4.39 Å². The number of benzene rings is 1. The number of amides is 1. The molecule has 0 saturated heterocycles. The highest BCUT2D eigenvalue weighted by Crippen LogP contribution is 2.19. The summed E-state index contributed by atoms with van der Waals surface area (Å²) >= 11 is 0. The minimum atomic E-state index is -0.614. The van der Waals surface area contributed by atoms with Crippen LogP contribution in [0.25, 0.3) is 0 Å². The van der Waals surface area contributed by atoms with E-state index in [9.17, 15) is 9.18 Å². The van der Waals surface area contributed by atoms with Crippen molar-refractivity contribution in [3.8, 4) is 0 Å². The zero-order chi connectivity index (χ0) is 13.9. The Morgan fingerprint density at radius 3 is 2.50 bits per heavy atom. The zero-order valence-corrected chi connectivity index (χ0v) is 11.4. The summed E-state index contributed by atoms with van der Waals surface area (Å²) in [7, 11) is 0. The molecule has 0 aliphatic carbocycles. The molecule has 1 aromatic carbocycles. The minimum absolute atomic E-state index is 0.115. The van der Waals surface area contributed by atoms with Crippen LogP contribution in [0.3, 0.4) is 0 Å². The Kier molecular flexibility index (Phi) is 4.46. The molecule has 0 aliphatic heterocycles. The van der Waals surface area contributed by atoms with Crippen LogP contribution in [0.5, 0.6) is 0 Å². The summed E-state index contributed by atoms with van der Waals surface area (Å²) in [5.74, 6) is -1.02. The van der Waals surface area contributed by atoms with E-state index in [-0.39, 0.29) is 17.0 Å². The molecule has 0 bridgehead atoms. The first-order valence-corrected chi connectivity index (χ1v) is 6.03. The third-order valence-electron chi connectivity index (χ3n) is 3.24. The highest BCUT2D eigenvalue weighted by Gasteiger charge is 2.19. The number of hydrogen-bond acceptors (Lipinski definition) is 2. The van der Waals surface area contributed by atoms with Gasteiger partial charge >= 0.3 is 0 Å². The van der Waals surface area contributed by atoms with Crippen molar-refractivity contribution in [1.82, 2.24) is 5.32 Å². The molecule has 1 amide bonds. The second-order valence-corrected chi connectivity index (χ2v) is 5.64. The molecule has 0 saturated carbocycles. The molecule has 0 heterocycles. The fraction of sp³-hybridized carbons (Fsp3) is 0.500. The molecule has 0 fully saturated rings. The van der Waals surface area contributed by atoms with Crippen LogP contribution in [0.15, 0.2) is 18.2 Å². The third-order valence-corrected chi connectivity index (χ3v) is 3.24. The number of carbonyl (C=O) groups excluding carboxylic acids is 1. The van der Waals surface area contributed by atoms with Gasteiger partial charge in [-0.3, -0.25) is 4.79 Å². The number of halogens is 1. The lowest BCUT2D eigenvalue weighted by Gasteiger charge is -2.28. The van der Waals surface area contributed by atoms with Crippen molar-refractivity contribution in [3.05, 3.63) is 35.1 Å². The van der Waals surface area contributed by atoms with Crippen molar-refractivity contribution in [2.75, 3.05) is 0 Å². The van der Waals surface area contributed by atoms with Gasteiger partial charge in [0.05, 0.1) is 0 Å². The first-order valence-electron chi connectivity index (χ1n) is 6.03. The smallest absolute Gasteiger partial charge is 0.248 e. The third kappa shape index (κ3) is 3.81. The Labute approximate surface area is 108 Å². The van der Waals surface area contributed by atoms with E-state index in [1.165, 1.54) is 6.07 Å². The number of carbonyl (C=O) groups is 1.